The van der Waals surface area contributed by atoms with Crippen molar-refractivity contribution in [3.8, 4) is 6.07 Å². The standard InChI is InChI=1S/C27H38N6O7/c1-8-18(34)39-19-15(12-38-23(36)20(25(2,3)4)32-24(37)40-26(5,6)7)11-27(13-28,21(19)35)17-10-9-16-22(29)30-14-31-33(16)17/h9-10,14-15,19-21,35H,8,11-12H2,1-7H3,(H,32,37)(H2,29,30,31)/t15-,19-,20-,21-,27-/m1/s1. The maximum absolute atomic E-state index is 13.2. The van der Waals surface area contributed by atoms with Crippen molar-refractivity contribution in [2.75, 3.05) is 12.3 Å². The van der Waals surface area contributed by atoms with Crippen LogP contribution in [0.4, 0.5) is 10.6 Å². The normalized spacial score (nSPS) is 23.7. The minimum atomic E-state index is -1.57. The fraction of sp³-hybridized carbons (Fsp3) is 0.630. The lowest BCUT2D eigenvalue weighted by molar-refractivity contribution is -0.160. The van der Waals surface area contributed by atoms with E-state index in [0.29, 0.717) is 11.2 Å². The van der Waals surface area contributed by atoms with Crippen LogP contribution in [0.3, 0.4) is 0 Å². The number of hydrogen-bond donors (Lipinski definition) is 3. The lowest BCUT2D eigenvalue weighted by Gasteiger charge is -2.31. The summed E-state index contributed by atoms with van der Waals surface area (Å²) in [6.45, 7) is 11.7. The van der Waals surface area contributed by atoms with Gasteiger partial charge in [0.25, 0.3) is 0 Å². The Morgan fingerprint density at radius 1 is 1.27 bits per heavy atom. The maximum Gasteiger partial charge on any atom is 0.408 e. The molecule has 2 aromatic rings. The number of ether oxygens (including phenoxy) is 3. The lowest BCUT2D eigenvalue weighted by Crippen LogP contribution is -2.51. The molecule has 0 spiro atoms. The van der Waals surface area contributed by atoms with Gasteiger partial charge in [0.05, 0.1) is 18.4 Å². The molecule has 4 N–H and O–H groups in total. The minimum absolute atomic E-state index is 0.0185. The van der Waals surface area contributed by atoms with E-state index in [2.05, 4.69) is 21.5 Å². The molecule has 1 aliphatic rings. The fourth-order valence-electron chi connectivity index (χ4n) is 4.78. The van der Waals surface area contributed by atoms with Crippen molar-refractivity contribution in [3.05, 3.63) is 24.2 Å². The number of nitrogens with zero attached hydrogens (tertiary/aromatic N) is 4. The third-order valence-corrected chi connectivity index (χ3v) is 6.76. The molecule has 1 saturated carbocycles. The monoisotopic (exact) mass is 558 g/mol. The molecule has 13 nitrogen and oxygen atoms in total. The molecule has 40 heavy (non-hydrogen) atoms. The number of hydrogen-bond acceptors (Lipinski definition) is 11. The Labute approximate surface area is 233 Å². The summed E-state index contributed by atoms with van der Waals surface area (Å²) in [6, 6.07) is 4.37. The summed E-state index contributed by atoms with van der Waals surface area (Å²) in [5.74, 6) is -1.88. The Morgan fingerprint density at radius 2 is 1.95 bits per heavy atom. The van der Waals surface area contributed by atoms with Crippen LogP contribution in [0.25, 0.3) is 5.52 Å². The van der Waals surface area contributed by atoms with E-state index in [0.717, 1.165) is 0 Å². The first-order valence-corrected chi connectivity index (χ1v) is 13.1. The van der Waals surface area contributed by atoms with Crippen LogP contribution in [0, 0.1) is 22.7 Å². The highest BCUT2D eigenvalue weighted by Crippen LogP contribution is 2.46. The van der Waals surface area contributed by atoms with Gasteiger partial charge in [-0.05, 0) is 44.7 Å². The van der Waals surface area contributed by atoms with Crippen molar-refractivity contribution >= 4 is 29.4 Å². The first-order valence-electron chi connectivity index (χ1n) is 13.1. The number of esters is 2. The van der Waals surface area contributed by atoms with Crippen LogP contribution >= 0.6 is 0 Å². The van der Waals surface area contributed by atoms with E-state index in [1.165, 1.54) is 10.8 Å². The van der Waals surface area contributed by atoms with Gasteiger partial charge >= 0.3 is 18.0 Å². The summed E-state index contributed by atoms with van der Waals surface area (Å²) in [7, 11) is 0. The van der Waals surface area contributed by atoms with Crippen molar-refractivity contribution in [1.29, 1.82) is 5.26 Å². The van der Waals surface area contributed by atoms with Crippen molar-refractivity contribution in [2.45, 2.75) is 90.6 Å². The number of nitrogens with one attached hydrogen (secondary N) is 1. The molecular weight excluding hydrogens is 520 g/mol. The van der Waals surface area contributed by atoms with Gasteiger partial charge in [0.1, 0.15) is 41.1 Å². The van der Waals surface area contributed by atoms with E-state index < -0.39 is 58.6 Å². The molecule has 0 aliphatic heterocycles. The smallest absolute Gasteiger partial charge is 0.408 e. The molecule has 2 aromatic heterocycles. The highest BCUT2D eigenvalue weighted by Gasteiger charge is 2.58. The van der Waals surface area contributed by atoms with E-state index in [9.17, 15) is 24.8 Å². The van der Waals surface area contributed by atoms with Gasteiger partial charge in [-0.25, -0.2) is 19.1 Å². The predicted octanol–water partition coefficient (Wildman–Crippen LogP) is 2.26. The Hall–Kier alpha value is -3.92. The molecule has 0 saturated heterocycles. The van der Waals surface area contributed by atoms with Gasteiger partial charge in [0.15, 0.2) is 5.82 Å². The van der Waals surface area contributed by atoms with Crippen LogP contribution in [-0.2, 0) is 29.2 Å². The zero-order valence-electron chi connectivity index (χ0n) is 23.9. The summed E-state index contributed by atoms with van der Waals surface area (Å²) in [5, 5.41) is 28.6. The lowest BCUT2D eigenvalue weighted by atomic mass is 9.81. The number of fused-ring (bicyclic) bond motifs is 1. The maximum atomic E-state index is 13.2. The minimum Gasteiger partial charge on any atom is -0.464 e. The van der Waals surface area contributed by atoms with E-state index in [1.54, 1.807) is 60.6 Å². The van der Waals surface area contributed by atoms with E-state index in [-0.39, 0.29) is 25.3 Å². The van der Waals surface area contributed by atoms with Gasteiger partial charge in [0.2, 0.25) is 0 Å². The van der Waals surface area contributed by atoms with Crippen molar-refractivity contribution in [2.24, 2.45) is 11.3 Å². The van der Waals surface area contributed by atoms with E-state index in [4.69, 9.17) is 19.9 Å². The first-order chi connectivity index (χ1) is 18.5. The van der Waals surface area contributed by atoms with E-state index >= 15 is 0 Å². The Balaban J connectivity index is 1.90. The van der Waals surface area contributed by atoms with Crippen molar-refractivity contribution < 1.29 is 33.7 Å². The molecule has 0 bridgehead atoms. The second-order valence-electron chi connectivity index (χ2n) is 12.0. The highest BCUT2D eigenvalue weighted by molar-refractivity contribution is 5.82. The Kier molecular flexibility index (Phi) is 8.64. The summed E-state index contributed by atoms with van der Waals surface area (Å²) in [4.78, 5) is 41.9. The van der Waals surface area contributed by atoms with Gasteiger partial charge in [0, 0.05) is 12.3 Å². The van der Waals surface area contributed by atoms with Gasteiger partial charge in [-0.15, -0.1) is 0 Å². The number of alkyl carbamates (subject to hydrolysis) is 1. The van der Waals surface area contributed by atoms with E-state index in [1.807, 2.05) is 0 Å². The van der Waals surface area contributed by atoms with Crippen LogP contribution in [0.15, 0.2) is 18.5 Å². The average molecular weight is 559 g/mol. The number of amides is 1. The quantitative estimate of drug-likeness (QED) is 0.333. The van der Waals surface area contributed by atoms with Gasteiger partial charge < -0.3 is 30.4 Å². The van der Waals surface area contributed by atoms with Crippen LogP contribution in [0.2, 0.25) is 0 Å². The molecule has 0 radical (unpaired) electrons. The van der Waals surface area contributed by atoms with Crippen LogP contribution in [0.5, 0.6) is 0 Å². The number of carbonyl (C=O) groups excluding carboxylic acids is 3. The Bertz CT molecular complexity index is 1310. The van der Waals surface area contributed by atoms with Gasteiger partial charge in [-0.1, -0.05) is 27.7 Å². The first kappa shape index (κ1) is 30.6. The number of rotatable bonds is 7. The molecule has 5 atom stereocenters. The second kappa shape index (κ2) is 11.3. The van der Waals surface area contributed by atoms with Crippen LogP contribution < -0.4 is 11.1 Å². The number of aliphatic hydroxyl groups is 1. The summed E-state index contributed by atoms with van der Waals surface area (Å²) in [5.41, 5.74) is 3.65. The summed E-state index contributed by atoms with van der Waals surface area (Å²) >= 11 is 0. The molecule has 3 rings (SSSR count). The fourth-order valence-corrected chi connectivity index (χ4v) is 4.78. The van der Waals surface area contributed by atoms with Crippen molar-refractivity contribution in [3.63, 3.8) is 0 Å². The summed E-state index contributed by atoms with van der Waals surface area (Å²) in [6.07, 6.45) is -2.15. The number of aromatic nitrogens is 3. The molecule has 218 valence electrons. The molecule has 2 heterocycles. The topological polar surface area (TPSA) is 191 Å². The van der Waals surface area contributed by atoms with Crippen LogP contribution in [0.1, 0.15) is 67.0 Å². The highest BCUT2D eigenvalue weighted by atomic mass is 16.6. The molecule has 1 amide bonds. The molecule has 0 unspecified atom stereocenters. The van der Waals surface area contributed by atoms with Gasteiger partial charge in [-0.3, -0.25) is 4.79 Å². The van der Waals surface area contributed by atoms with Crippen LogP contribution in [-0.4, -0.2) is 68.2 Å². The molecule has 13 heteroatoms. The third kappa shape index (κ3) is 6.28. The summed E-state index contributed by atoms with van der Waals surface area (Å²) < 4.78 is 17.9. The number of nitrogen functional groups attached to an aromatic ring is 1. The third-order valence-electron chi connectivity index (χ3n) is 6.76. The second-order valence-corrected chi connectivity index (χ2v) is 12.0. The Morgan fingerprint density at radius 3 is 2.52 bits per heavy atom. The number of nitrogens with two attached hydrogens (primary N) is 1. The number of nitriles is 1. The van der Waals surface area contributed by atoms with Gasteiger partial charge in [-0.2, -0.15) is 10.4 Å². The van der Waals surface area contributed by atoms with Crippen molar-refractivity contribution in [1.82, 2.24) is 19.9 Å². The SMILES string of the molecule is CCC(=O)O[C@@H]1[C@@H](COC(=O)[C@@H](NC(=O)OC(C)(C)C)C(C)(C)C)C[C@@](C#N)(c2ccc3c(N)ncnn23)[C@@H]1O. The number of anilines is 1. The molecule has 1 aliphatic carbocycles. The molecular formula is C27H38N6O7. The largest absolute Gasteiger partial charge is 0.464 e. The molecule has 0 aromatic carbocycles. The zero-order chi connectivity index (χ0) is 30.0. The predicted molar refractivity (Wildman–Crippen MR) is 143 cm³/mol. The number of carbonyl (C=O) groups is 3. The molecule has 1 fully saturated rings. The average Bonchev–Trinajstić information content (AvgIpc) is 3.40. The number of aliphatic hydroxyl groups excluding tert-OH is 1. The zero-order valence-corrected chi connectivity index (χ0v) is 23.9.